The largest absolute Gasteiger partial charge is 0.396 e. The van der Waals surface area contributed by atoms with Crippen LogP contribution in [-0.4, -0.2) is 102 Å². The van der Waals surface area contributed by atoms with E-state index in [1.807, 2.05) is 0 Å². The molecule has 182 valence electrons. The van der Waals surface area contributed by atoms with Gasteiger partial charge in [0.15, 0.2) is 17.3 Å². The zero-order chi connectivity index (χ0) is 24.5. The molecule has 0 unspecified atom stereocenters. The van der Waals surface area contributed by atoms with Crippen molar-refractivity contribution < 1.29 is 29.7 Å². The standard InChI is InChI=1S/C18H24N10O6/c29-4-1-16(32)13-7-26(22-19-13)10-25(11-27-8-14(20-23-27)17(33)2-5-30)12-28-9-15(21-24-28)18(34)3-6-31/h7-9,29-31H,1-6,10-12H2. The van der Waals surface area contributed by atoms with Gasteiger partial charge in [0.05, 0.1) is 58.4 Å². The second-order valence-electron chi connectivity index (χ2n) is 7.22. The first kappa shape index (κ1) is 24.9. The maximum atomic E-state index is 11.9. The Kier molecular flexibility index (Phi) is 8.74. The molecular weight excluding hydrogens is 452 g/mol. The summed E-state index contributed by atoms with van der Waals surface area (Å²) in [7, 11) is 0. The van der Waals surface area contributed by atoms with Crippen LogP contribution in [0.3, 0.4) is 0 Å². The Hall–Kier alpha value is -3.73. The average molecular weight is 476 g/mol. The van der Waals surface area contributed by atoms with E-state index in [4.69, 9.17) is 15.3 Å². The number of rotatable bonds is 15. The Morgan fingerprint density at radius 3 is 1.18 bits per heavy atom. The first-order valence-electron chi connectivity index (χ1n) is 10.3. The summed E-state index contributed by atoms with van der Waals surface area (Å²) in [5, 5.41) is 50.0. The molecule has 0 fully saturated rings. The Morgan fingerprint density at radius 2 is 0.912 bits per heavy atom. The highest BCUT2D eigenvalue weighted by Crippen LogP contribution is 2.06. The van der Waals surface area contributed by atoms with Crippen LogP contribution >= 0.6 is 0 Å². The summed E-state index contributed by atoms with van der Waals surface area (Å²) in [6, 6.07) is 0. The van der Waals surface area contributed by atoms with Crippen molar-refractivity contribution in [3.63, 3.8) is 0 Å². The number of hydrogen-bond acceptors (Lipinski definition) is 13. The lowest BCUT2D eigenvalue weighted by Crippen LogP contribution is -2.32. The molecule has 0 aromatic carbocycles. The van der Waals surface area contributed by atoms with Crippen molar-refractivity contribution >= 4 is 17.3 Å². The Morgan fingerprint density at radius 1 is 0.618 bits per heavy atom. The van der Waals surface area contributed by atoms with Crippen molar-refractivity contribution in [1.82, 2.24) is 49.9 Å². The van der Waals surface area contributed by atoms with E-state index in [2.05, 4.69) is 30.9 Å². The van der Waals surface area contributed by atoms with Gasteiger partial charge >= 0.3 is 0 Å². The number of aromatic nitrogens is 9. The van der Waals surface area contributed by atoms with E-state index in [9.17, 15) is 14.4 Å². The molecule has 0 atom stereocenters. The highest BCUT2D eigenvalue weighted by atomic mass is 16.3. The van der Waals surface area contributed by atoms with E-state index in [-0.39, 0.29) is 93.5 Å². The van der Waals surface area contributed by atoms with Crippen LogP contribution in [0.2, 0.25) is 0 Å². The molecule has 0 radical (unpaired) electrons. The van der Waals surface area contributed by atoms with E-state index in [0.717, 1.165) is 0 Å². The Bertz CT molecular complexity index is 984. The first-order valence-corrected chi connectivity index (χ1v) is 10.3. The summed E-state index contributed by atoms with van der Waals surface area (Å²) in [5.74, 6) is -1.06. The van der Waals surface area contributed by atoms with E-state index >= 15 is 0 Å². The highest BCUT2D eigenvalue weighted by molar-refractivity contribution is 5.94. The van der Waals surface area contributed by atoms with Gasteiger partial charge in [0.1, 0.15) is 17.1 Å². The second-order valence-corrected chi connectivity index (χ2v) is 7.22. The summed E-state index contributed by atoms with van der Waals surface area (Å²) in [5.41, 5.74) is 0.304. The van der Waals surface area contributed by atoms with Crippen LogP contribution in [0.25, 0.3) is 0 Å². The average Bonchev–Trinajstić information content (AvgIpc) is 3.56. The summed E-state index contributed by atoms with van der Waals surface area (Å²) < 4.78 is 4.19. The van der Waals surface area contributed by atoms with Crippen LogP contribution < -0.4 is 0 Å². The molecule has 34 heavy (non-hydrogen) atoms. The molecule has 3 rings (SSSR count). The van der Waals surface area contributed by atoms with Crippen molar-refractivity contribution in [2.75, 3.05) is 19.8 Å². The lowest BCUT2D eigenvalue weighted by molar-refractivity contribution is 0.0942. The predicted molar refractivity (Wildman–Crippen MR) is 110 cm³/mol. The van der Waals surface area contributed by atoms with E-state index in [1.165, 1.54) is 32.6 Å². The minimum Gasteiger partial charge on any atom is -0.396 e. The van der Waals surface area contributed by atoms with Crippen molar-refractivity contribution in [1.29, 1.82) is 0 Å². The molecule has 0 saturated carbocycles. The van der Waals surface area contributed by atoms with E-state index in [1.54, 1.807) is 4.90 Å². The fraction of sp³-hybridized carbons (Fsp3) is 0.500. The van der Waals surface area contributed by atoms with Crippen LogP contribution in [-0.2, 0) is 20.0 Å². The molecule has 3 N–H and O–H groups in total. The molecule has 0 aliphatic heterocycles. The molecule has 3 aromatic rings. The normalized spacial score (nSPS) is 11.3. The van der Waals surface area contributed by atoms with Crippen molar-refractivity contribution in [3.05, 3.63) is 35.7 Å². The minimum atomic E-state index is -0.355. The van der Waals surface area contributed by atoms with Gasteiger partial charge in [-0.3, -0.25) is 14.4 Å². The van der Waals surface area contributed by atoms with Gasteiger partial charge in [-0.05, 0) is 0 Å². The molecule has 3 aromatic heterocycles. The number of carbonyl (C=O) groups excluding carboxylic acids is 3. The van der Waals surface area contributed by atoms with Gasteiger partial charge in [-0.1, -0.05) is 15.6 Å². The SMILES string of the molecule is O=C(CCO)c1cn(CN(Cn2cc(C(=O)CCO)nn2)Cn2cc(C(=O)CCO)nn2)nn1. The zero-order valence-corrected chi connectivity index (χ0v) is 18.1. The first-order chi connectivity index (χ1) is 16.4. The monoisotopic (exact) mass is 476 g/mol. The number of aliphatic hydroxyl groups is 3. The predicted octanol–water partition coefficient (Wildman–Crippen LogP) is -2.27. The van der Waals surface area contributed by atoms with Gasteiger partial charge in [0.2, 0.25) is 0 Å². The molecule has 0 spiro atoms. The summed E-state index contributed by atoms with van der Waals surface area (Å²) >= 11 is 0. The molecule has 0 saturated heterocycles. The number of aliphatic hydroxyl groups excluding tert-OH is 3. The van der Waals surface area contributed by atoms with Gasteiger partial charge in [0.25, 0.3) is 0 Å². The second kappa shape index (κ2) is 11.9. The number of ketones is 3. The molecule has 0 amide bonds. The molecule has 3 heterocycles. The lowest BCUT2D eigenvalue weighted by atomic mass is 10.2. The molecule has 0 aliphatic carbocycles. The van der Waals surface area contributed by atoms with Crippen molar-refractivity contribution in [3.8, 4) is 0 Å². The smallest absolute Gasteiger partial charge is 0.187 e. The minimum absolute atomic E-state index is 0.0738. The third kappa shape index (κ3) is 6.64. The van der Waals surface area contributed by atoms with Gasteiger partial charge in [0, 0.05) is 19.3 Å². The lowest BCUT2D eigenvalue weighted by Gasteiger charge is -2.21. The van der Waals surface area contributed by atoms with Gasteiger partial charge < -0.3 is 15.3 Å². The van der Waals surface area contributed by atoms with Gasteiger partial charge in [-0.15, -0.1) is 15.3 Å². The molecule has 16 heteroatoms. The van der Waals surface area contributed by atoms with Crippen LogP contribution in [0, 0.1) is 0 Å². The van der Waals surface area contributed by atoms with Crippen LogP contribution in [0.5, 0.6) is 0 Å². The molecule has 16 nitrogen and oxygen atoms in total. The van der Waals surface area contributed by atoms with Crippen molar-refractivity contribution in [2.24, 2.45) is 0 Å². The summed E-state index contributed by atoms with van der Waals surface area (Å²) in [6.07, 6.45) is 4.07. The quantitative estimate of drug-likeness (QED) is 0.198. The highest BCUT2D eigenvalue weighted by Gasteiger charge is 2.17. The summed E-state index contributed by atoms with van der Waals surface area (Å²) in [4.78, 5) is 37.5. The Labute approximate surface area is 192 Å². The molecule has 0 aliphatic rings. The maximum absolute atomic E-state index is 11.9. The Balaban J connectivity index is 1.77. The third-order valence-electron chi connectivity index (χ3n) is 4.52. The fourth-order valence-corrected chi connectivity index (χ4v) is 2.92. The fourth-order valence-electron chi connectivity index (χ4n) is 2.92. The van der Waals surface area contributed by atoms with Crippen molar-refractivity contribution in [2.45, 2.75) is 39.3 Å². The number of hydrogen-bond donors (Lipinski definition) is 3. The molecular formula is C18H24N10O6. The van der Waals surface area contributed by atoms with Crippen LogP contribution in [0.4, 0.5) is 0 Å². The van der Waals surface area contributed by atoms with E-state index < -0.39 is 0 Å². The zero-order valence-electron chi connectivity index (χ0n) is 18.1. The van der Waals surface area contributed by atoms with Gasteiger partial charge in [-0.25, -0.2) is 18.9 Å². The topological polar surface area (TPSA) is 207 Å². The van der Waals surface area contributed by atoms with Crippen LogP contribution in [0.15, 0.2) is 18.6 Å². The van der Waals surface area contributed by atoms with Crippen LogP contribution in [0.1, 0.15) is 50.7 Å². The third-order valence-corrected chi connectivity index (χ3v) is 4.52. The maximum Gasteiger partial charge on any atom is 0.187 e. The van der Waals surface area contributed by atoms with E-state index in [0.29, 0.717) is 0 Å². The number of carbonyl (C=O) groups is 3. The van der Waals surface area contributed by atoms with Gasteiger partial charge in [-0.2, -0.15) is 0 Å². The number of Topliss-reactive ketones (excluding diaryl/α,β-unsaturated/α-hetero) is 3. The summed E-state index contributed by atoms with van der Waals surface area (Å²) in [6.45, 7) is -0.571. The number of nitrogens with zero attached hydrogens (tertiary/aromatic N) is 10. The molecule has 0 bridgehead atoms.